The monoisotopic (exact) mass is 918 g/mol. The van der Waals surface area contributed by atoms with E-state index in [-0.39, 0.29) is 96.3 Å². The number of carbonyl (C=O) groups excluding carboxylic acids is 6. The first-order valence-corrected chi connectivity index (χ1v) is 24.3. The van der Waals surface area contributed by atoms with E-state index in [4.69, 9.17) is 0 Å². The molecule has 2 amide bonds. The van der Waals surface area contributed by atoms with Gasteiger partial charge in [-0.1, -0.05) is 37.4 Å². The van der Waals surface area contributed by atoms with E-state index in [2.05, 4.69) is 10.6 Å². The Kier molecular flexibility index (Phi) is 10.7. The van der Waals surface area contributed by atoms with Gasteiger partial charge in [-0.15, -0.1) is 0 Å². The number of rotatable bonds is 0. The molecule has 8 N–H and O–H groups in total. The van der Waals surface area contributed by atoms with Gasteiger partial charge in [0.15, 0.2) is 11.5 Å². The zero-order valence-electron chi connectivity index (χ0n) is 36.6. The van der Waals surface area contributed by atoms with Gasteiger partial charge in [0.05, 0.1) is 22.3 Å². The first-order valence-electron chi connectivity index (χ1n) is 22.6. The Balaban J connectivity index is 1.10. The van der Waals surface area contributed by atoms with Crippen molar-refractivity contribution in [3.05, 3.63) is 35.4 Å². The fraction of sp³-hybridized carbons (Fsp3) is 0.625. The SMILES string of the molecule is C[C@@]1(O)C[C@]23C[C@H]1CC[C@H]2[C@]1(C)CCC(=O)Nc2c(O)ccc(c2O)C(=O)S[C@H]2CC(=O)[C@@](C)(CCC(=O)Nc4c(O)ccc(c4O)C(=O)S[C@H]3CC1=O)[C@@H]1CC[C@@H]3C[C@]21C[C@@]3(C)O. The van der Waals surface area contributed by atoms with Crippen molar-refractivity contribution in [1.29, 1.82) is 0 Å². The normalized spacial score (nSPS) is 41.3. The maximum absolute atomic E-state index is 14.4. The number of phenols is 4. The topological polar surface area (TPSA) is 248 Å². The van der Waals surface area contributed by atoms with E-state index in [9.17, 15) is 59.4 Å². The molecule has 6 fully saturated rings. The number of thioether (sulfide) groups is 2. The van der Waals surface area contributed by atoms with E-state index in [1.807, 2.05) is 13.8 Å². The highest BCUT2D eigenvalue weighted by Crippen LogP contribution is 2.71. The summed E-state index contributed by atoms with van der Waals surface area (Å²) in [7, 11) is 0. The molecule has 0 radical (unpaired) electrons. The number of carbonyl (C=O) groups is 6. The van der Waals surface area contributed by atoms with Crippen LogP contribution < -0.4 is 10.6 Å². The maximum Gasteiger partial charge on any atom is 0.224 e. The zero-order chi connectivity index (χ0) is 46.1. The number of nitrogens with one attached hydrogen (secondary N) is 2. The van der Waals surface area contributed by atoms with Crippen LogP contribution in [0.1, 0.15) is 138 Å². The summed E-state index contributed by atoms with van der Waals surface area (Å²) in [6, 6.07) is 4.94. The molecule has 14 nitrogen and oxygen atoms in total. The van der Waals surface area contributed by atoms with Crippen molar-refractivity contribution in [1.82, 2.24) is 0 Å². The summed E-state index contributed by atoms with van der Waals surface area (Å²) in [6.45, 7) is 7.21. The second kappa shape index (κ2) is 15.2. The van der Waals surface area contributed by atoms with Crippen molar-refractivity contribution in [2.75, 3.05) is 10.6 Å². The summed E-state index contributed by atoms with van der Waals surface area (Å²) in [4.78, 5) is 85.1. The number of hydrogen-bond donors (Lipinski definition) is 8. The second-order valence-corrected chi connectivity index (χ2v) is 23.6. The molecule has 6 aliphatic carbocycles. The van der Waals surface area contributed by atoms with E-state index < -0.39 is 88.4 Å². The Labute approximate surface area is 380 Å². The smallest absolute Gasteiger partial charge is 0.224 e. The highest BCUT2D eigenvalue weighted by Gasteiger charge is 2.69. The molecule has 12 atom stereocenters. The lowest BCUT2D eigenvalue weighted by Gasteiger charge is -2.57. The second-order valence-electron chi connectivity index (χ2n) is 21.3. The third-order valence-corrected chi connectivity index (χ3v) is 20.4. The van der Waals surface area contributed by atoms with Gasteiger partial charge in [0.2, 0.25) is 22.0 Å². The molecule has 10 rings (SSSR count). The Morgan fingerprint density at radius 3 is 1.31 bits per heavy atom. The lowest BCUT2D eigenvalue weighted by molar-refractivity contribution is -0.146. The van der Waals surface area contributed by atoms with Crippen LogP contribution in [0, 0.1) is 45.3 Å². The molecule has 6 saturated carbocycles. The van der Waals surface area contributed by atoms with Gasteiger partial charge in [-0.25, -0.2) is 0 Å². The van der Waals surface area contributed by atoms with Gasteiger partial charge in [-0.2, -0.15) is 0 Å². The summed E-state index contributed by atoms with van der Waals surface area (Å²) in [5.74, 6) is -4.65. The average molecular weight is 919 g/mol. The van der Waals surface area contributed by atoms with Gasteiger partial charge in [0.1, 0.15) is 34.4 Å². The van der Waals surface area contributed by atoms with E-state index in [0.717, 1.165) is 23.5 Å². The molecule has 16 heteroatoms. The molecule has 2 heterocycles. The number of hydrogen-bond acceptors (Lipinski definition) is 14. The number of amides is 2. The van der Waals surface area contributed by atoms with Crippen LogP contribution in [0.2, 0.25) is 0 Å². The molecular formula is C48H58N2O12S2. The number of phenolic OH excluding ortho intramolecular Hbond substituents is 4. The molecule has 0 unspecified atom stereocenters. The van der Waals surface area contributed by atoms with Crippen molar-refractivity contribution in [2.24, 2.45) is 45.3 Å². The highest BCUT2D eigenvalue weighted by molar-refractivity contribution is 8.15. The van der Waals surface area contributed by atoms with Crippen molar-refractivity contribution < 1.29 is 59.4 Å². The van der Waals surface area contributed by atoms with Crippen LogP contribution in [0.5, 0.6) is 23.0 Å². The Morgan fingerprint density at radius 2 is 0.938 bits per heavy atom. The maximum atomic E-state index is 14.4. The van der Waals surface area contributed by atoms with Crippen molar-refractivity contribution in [3.8, 4) is 23.0 Å². The number of fused-ring (bicyclic) bond motifs is 11. The average Bonchev–Trinajstić information content (AvgIpc) is 3.56. The highest BCUT2D eigenvalue weighted by atomic mass is 32.2. The molecule has 2 aromatic rings. The van der Waals surface area contributed by atoms with Gasteiger partial charge in [0, 0.05) is 47.0 Å². The third kappa shape index (κ3) is 6.81. The van der Waals surface area contributed by atoms with Crippen LogP contribution in [0.4, 0.5) is 11.4 Å². The minimum atomic E-state index is -1.08. The lowest BCUT2D eigenvalue weighted by Crippen LogP contribution is -2.57. The molecule has 0 saturated heterocycles. The van der Waals surface area contributed by atoms with Crippen LogP contribution in [-0.4, -0.2) is 86.0 Å². The van der Waals surface area contributed by atoms with Crippen LogP contribution in [0.3, 0.4) is 0 Å². The fourth-order valence-electron chi connectivity index (χ4n) is 14.5. The molecule has 8 aliphatic rings. The number of aromatic hydroxyl groups is 4. The first-order chi connectivity index (χ1) is 30.0. The molecule has 64 heavy (non-hydrogen) atoms. The lowest BCUT2D eigenvalue weighted by atomic mass is 9.49. The Hall–Kier alpha value is -4.12. The van der Waals surface area contributed by atoms with E-state index in [0.29, 0.717) is 51.4 Å². The van der Waals surface area contributed by atoms with Crippen LogP contribution >= 0.6 is 23.5 Å². The molecule has 12 bridgehead atoms. The summed E-state index contributed by atoms with van der Waals surface area (Å²) < 4.78 is 0. The van der Waals surface area contributed by atoms with Crippen molar-refractivity contribution in [3.63, 3.8) is 0 Å². The Morgan fingerprint density at radius 1 is 0.562 bits per heavy atom. The van der Waals surface area contributed by atoms with Gasteiger partial charge in [-0.05, 0) is 137 Å². The zero-order valence-corrected chi connectivity index (χ0v) is 38.3. The van der Waals surface area contributed by atoms with Gasteiger partial charge in [0.25, 0.3) is 0 Å². The van der Waals surface area contributed by atoms with Gasteiger partial charge < -0.3 is 41.3 Å². The standard InChI is InChI=1S/C48H58N2O12S2/c1-43-15-13-35(55)49-37-27(51)9-8-26(39(37)57)42(60)64-34-18-32(54)44(2,30-12-6-24-20-48(30,34)22-46(24,4)62)16-14-36(56)50-38-28(52)10-7-25(40(38)58)41(59)63-33(17-31(43)53)47-19-23(5-11-29(43)47)45(3,61)21-47/h7-10,23-24,29-30,33-34,51-52,57-58,61-62H,5-6,11-22H2,1-4H3,(H,49,55)(H,50,56)/t23-,24-,29+,30+,33+,34+,43+,44+,45-,46-,47-,48-/m1/s1. The van der Waals surface area contributed by atoms with Crippen molar-refractivity contribution in [2.45, 2.75) is 139 Å². The number of Topliss-reactive ketones (excluding diaryl/α,β-unsaturated/α-hetero) is 2. The molecule has 2 aliphatic heterocycles. The van der Waals surface area contributed by atoms with E-state index in [1.165, 1.54) is 24.3 Å². The summed E-state index contributed by atoms with van der Waals surface area (Å²) >= 11 is 1.80. The molecule has 2 aromatic carbocycles. The van der Waals surface area contributed by atoms with Crippen LogP contribution in [-0.2, 0) is 19.2 Å². The molecule has 2 spiro atoms. The van der Waals surface area contributed by atoms with E-state index >= 15 is 0 Å². The van der Waals surface area contributed by atoms with Gasteiger partial charge in [-0.3, -0.25) is 28.8 Å². The predicted molar refractivity (Wildman–Crippen MR) is 239 cm³/mol. The van der Waals surface area contributed by atoms with Crippen molar-refractivity contribution >= 4 is 68.5 Å². The number of ketones is 2. The summed E-state index contributed by atoms with van der Waals surface area (Å²) in [5, 5.41) is 71.1. The number of benzene rings is 2. The summed E-state index contributed by atoms with van der Waals surface area (Å²) in [5.41, 5.74) is -6.78. The molecule has 0 aromatic heterocycles. The fourth-order valence-corrected chi connectivity index (χ4v) is 17.2. The minimum absolute atomic E-state index is 0.0569. The number of anilines is 2. The van der Waals surface area contributed by atoms with Crippen LogP contribution in [0.15, 0.2) is 24.3 Å². The quantitative estimate of drug-likeness (QED) is 0.122. The molecule has 344 valence electrons. The largest absolute Gasteiger partial charge is 0.506 e. The summed E-state index contributed by atoms with van der Waals surface area (Å²) in [6.07, 6.45) is 3.76. The van der Waals surface area contributed by atoms with E-state index in [1.54, 1.807) is 13.8 Å². The predicted octanol–water partition coefficient (Wildman–Crippen LogP) is 7.22. The Bertz CT molecular complexity index is 2240. The minimum Gasteiger partial charge on any atom is -0.506 e. The third-order valence-electron chi connectivity index (χ3n) is 17.7. The first kappa shape index (κ1) is 45.1. The van der Waals surface area contributed by atoms with Crippen LogP contribution in [0.25, 0.3) is 0 Å². The van der Waals surface area contributed by atoms with Gasteiger partial charge >= 0.3 is 0 Å². The molecular weight excluding hydrogens is 861 g/mol. The number of aliphatic hydroxyl groups is 2.